The summed E-state index contributed by atoms with van der Waals surface area (Å²) in [6.45, 7) is 5.95. The van der Waals surface area contributed by atoms with Crippen LogP contribution < -0.4 is 0 Å². The van der Waals surface area contributed by atoms with E-state index < -0.39 is 0 Å². The Kier molecular flexibility index (Phi) is 4.89. The lowest BCUT2D eigenvalue weighted by Gasteiger charge is -2.38. The molecule has 0 bridgehead atoms. The third kappa shape index (κ3) is 3.46. The molecule has 3 rings (SSSR count). The molecule has 1 unspecified atom stereocenters. The summed E-state index contributed by atoms with van der Waals surface area (Å²) in [5.74, 6) is 1.13. The first-order chi connectivity index (χ1) is 11.6. The van der Waals surface area contributed by atoms with Crippen LogP contribution in [0.3, 0.4) is 0 Å². The second kappa shape index (κ2) is 7.09. The first-order valence-electron chi connectivity index (χ1n) is 8.22. The smallest absolute Gasteiger partial charge is 0.258 e. The Labute approximate surface area is 141 Å². The molecule has 1 atom stereocenters. The van der Waals surface area contributed by atoms with Gasteiger partial charge < -0.3 is 14.2 Å². The first kappa shape index (κ1) is 16.6. The maximum Gasteiger partial charge on any atom is 0.258 e. The minimum Gasteiger partial charge on any atom is -0.372 e. The Morgan fingerprint density at radius 2 is 2.21 bits per heavy atom. The molecule has 1 aliphatic heterocycles. The van der Waals surface area contributed by atoms with Crippen LogP contribution in [0.5, 0.6) is 0 Å². The van der Waals surface area contributed by atoms with Crippen molar-refractivity contribution in [2.24, 2.45) is 0 Å². The molecule has 1 saturated heterocycles. The van der Waals surface area contributed by atoms with Crippen molar-refractivity contribution in [2.75, 3.05) is 26.3 Å². The molecule has 1 fully saturated rings. The SMILES string of the molecule is CCOCC(=O)N1CCCC(C)(c2noc(-c3ccncc3)n2)C1. The average Bonchev–Trinajstić information content (AvgIpc) is 3.11. The van der Waals surface area contributed by atoms with E-state index in [-0.39, 0.29) is 17.9 Å². The number of amides is 1. The van der Waals surface area contributed by atoms with Gasteiger partial charge in [0.05, 0.1) is 0 Å². The molecule has 1 amide bonds. The van der Waals surface area contributed by atoms with Gasteiger partial charge in [-0.25, -0.2) is 0 Å². The van der Waals surface area contributed by atoms with E-state index in [1.165, 1.54) is 0 Å². The topological polar surface area (TPSA) is 81.4 Å². The van der Waals surface area contributed by atoms with Crippen LogP contribution >= 0.6 is 0 Å². The standard InChI is InChI=1S/C17H22N4O3/c1-3-23-11-14(22)21-10-4-7-17(2,12-21)16-19-15(24-20-16)13-5-8-18-9-6-13/h5-6,8-9H,3-4,7,10-12H2,1-2H3. The summed E-state index contributed by atoms with van der Waals surface area (Å²) in [5.41, 5.74) is 0.530. The zero-order valence-corrected chi connectivity index (χ0v) is 14.1. The third-order valence-corrected chi connectivity index (χ3v) is 4.37. The molecule has 1 aliphatic rings. The maximum atomic E-state index is 12.2. The van der Waals surface area contributed by atoms with Gasteiger partial charge in [-0.3, -0.25) is 9.78 Å². The van der Waals surface area contributed by atoms with Gasteiger partial charge >= 0.3 is 0 Å². The maximum absolute atomic E-state index is 12.2. The van der Waals surface area contributed by atoms with Crippen LogP contribution in [-0.4, -0.2) is 52.2 Å². The van der Waals surface area contributed by atoms with Crippen molar-refractivity contribution < 1.29 is 14.1 Å². The van der Waals surface area contributed by atoms with E-state index >= 15 is 0 Å². The summed E-state index contributed by atoms with van der Waals surface area (Å²) < 4.78 is 10.7. The quantitative estimate of drug-likeness (QED) is 0.834. The molecule has 0 aromatic carbocycles. The zero-order chi connectivity index (χ0) is 17.0. The molecule has 128 valence electrons. The summed E-state index contributed by atoms with van der Waals surface area (Å²) in [6, 6.07) is 3.66. The van der Waals surface area contributed by atoms with Gasteiger partial charge in [-0.2, -0.15) is 4.98 Å². The summed E-state index contributed by atoms with van der Waals surface area (Å²) in [6.07, 6.45) is 5.21. The fourth-order valence-electron chi connectivity index (χ4n) is 3.00. The highest BCUT2D eigenvalue weighted by atomic mass is 16.5. The Balaban J connectivity index is 1.75. The lowest BCUT2D eigenvalue weighted by atomic mass is 9.81. The molecule has 0 radical (unpaired) electrons. The van der Waals surface area contributed by atoms with Crippen molar-refractivity contribution in [1.29, 1.82) is 0 Å². The minimum atomic E-state index is -0.311. The number of rotatable bonds is 5. The number of nitrogens with zero attached hydrogens (tertiary/aromatic N) is 4. The van der Waals surface area contributed by atoms with Crippen LogP contribution in [0.15, 0.2) is 29.0 Å². The van der Waals surface area contributed by atoms with Crippen LogP contribution in [0.2, 0.25) is 0 Å². The van der Waals surface area contributed by atoms with Crippen LogP contribution in [0.1, 0.15) is 32.5 Å². The molecule has 0 N–H and O–H groups in total. The van der Waals surface area contributed by atoms with E-state index in [1.807, 2.05) is 24.0 Å². The number of aromatic nitrogens is 3. The van der Waals surface area contributed by atoms with Crippen LogP contribution in [0.25, 0.3) is 11.5 Å². The molecular formula is C17H22N4O3. The third-order valence-electron chi connectivity index (χ3n) is 4.37. The summed E-state index contributed by atoms with van der Waals surface area (Å²) in [7, 11) is 0. The van der Waals surface area contributed by atoms with Gasteiger partial charge in [0.1, 0.15) is 6.61 Å². The first-order valence-corrected chi connectivity index (χ1v) is 8.22. The van der Waals surface area contributed by atoms with Gasteiger partial charge in [0.25, 0.3) is 5.89 Å². The van der Waals surface area contributed by atoms with Gasteiger partial charge in [0.2, 0.25) is 5.91 Å². The second-order valence-corrected chi connectivity index (χ2v) is 6.28. The molecule has 0 aliphatic carbocycles. The van der Waals surface area contributed by atoms with Crippen molar-refractivity contribution in [1.82, 2.24) is 20.0 Å². The predicted octanol–water partition coefficient (Wildman–Crippen LogP) is 2.05. The average molecular weight is 330 g/mol. The van der Waals surface area contributed by atoms with Gasteiger partial charge in [-0.1, -0.05) is 12.1 Å². The van der Waals surface area contributed by atoms with Crippen LogP contribution in [0, 0.1) is 0 Å². The largest absolute Gasteiger partial charge is 0.372 e. The number of likely N-dealkylation sites (tertiary alicyclic amines) is 1. The normalized spacial score (nSPS) is 21.0. The highest BCUT2D eigenvalue weighted by Crippen LogP contribution is 2.33. The van der Waals surface area contributed by atoms with Crippen molar-refractivity contribution in [2.45, 2.75) is 32.1 Å². The van der Waals surface area contributed by atoms with E-state index in [1.54, 1.807) is 12.4 Å². The predicted molar refractivity (Wildman–Crippen MR) is 87.2 cm³/mol. The summed E-state index contributed by atoms with van der Waals surface area (Å²) in [5, 5.41) is 4.17. The van der Waals surface area contributed by atoms with Gasteiger partial charge in [-0.05, 0) is 31.9 Å². The molecule has 0 saturated carbocycles. The summed E-state index contributed by atoms with van der Waals surface area (Å²) >= 11 is 0. The minimum absolute atomic E-state index is 0.0145. The lowest BCUT2D eigenvalue weighted by Crippen LogP contribution is -2.48. The highest BCUT2D eigenvalue weighted by Gasteiger charge is 2.38. The van der Waals surface area contributed by atoms with Crippen LogP contribution in [-0.2, 0) is 14.9 Å². The Bertz CT molecular complexity index is 688. The lowest BCUT2D eigenvalue weighted by molar-refractivity contribution is -0.138. The van der Waals surface area contributed by atoms with E-state index in [0.717, 1.165) is 24.9 Å². The Morgan fingerprint density at radius 3 is 2.96 bits per heavy atom. The number of hydrogen-bond acceptors (Lipinski definition) is 6. The van der Waals surface area contributed by atoms with Crippen molar-refractivity contribution in [3.8, 4) is 11.5 Å². The van der Waals surface area contributed by atoms with Crippen molar-refractivity contribution in [3.05, 3.63) is 30.4 Å². The number of carbonyl (C=O) groups excluding carboxylic acids is 1. The van der Waals surface area contributed by atoms with E-state index in [2.05, 4.69) is 22.0 Å². The molecule has 3 heterocycles. The molecule has 2 aromatic rings. The Hall–Kier alpha value is -2.28. The van der Waals surface area contributed by atoms with Crippen molar-refractivity contribution in [3.63, 3.8) is 0 Å². The molecule has 2 aromatic heterocycles. The molecule has 0 spiro atoms. The highest BCUT2D eigenvalue weighted by molar-refractivity contribution is 5.77. The number of piperidine rings is 1. The zero-order valence-electron chi connectivity index (χ0n) is 14.1. The van der Waals surface area contributed by atoms with E-state index in [4.69, 9.17) is 9.26 Å². The molecule has 7 nitrogen and oxygen atoms in total. The van der Waals surface area contributed by atoms with Gasteiger partial charge in [0.15, 0.2) is 5.82 Å². The number of pyridine rings is 1. The second-order valence-electron chi connectivity index (χ2n) is 6.28. The molecule has 24 heavy (non-hydrogen) atoms. The number of carbonyl (C=O) groups is 1. The van der Waals surface area contributed by atoms with Crippen molar-refractivity contribution >= 4 is 5.91 Å². The molecule has 7 heteroatoms. The number of ether oxygens (including phenoxy) is 1. The number of hydrogen-bond donors (Lipinski definition) is 0. The fourth-order valence-corrected chi connectivity index (χ4v) is 3.00. The van der Waals surface area contributed by atoms with E-state index in [0.29, 0.717) is 24.9 Å². The Morgan fingerprint density at radius 1 is 1.42 bits per heavy atom. The van der Waals surface area contributed by atoms with Crippen LogP contribution in [0.4, 0.5) is 0 Å². The van der Waals surface area contributed by atoms with E-state index in [9.17, 15) is 4.79 Å². The molecular weight excluding hydrogens is 308 g/mol. The summed E-state index contributed by atoms with van der Waals surface area (Å²) in [4.78, 5) is 22.6. The van der Waals surface area contributed by atoms with Gasteiger partial charge in [0, 0.05) is 43.1 Å². The fraction of sp³-hybridized carbons (Fsp3) is 0.529. The monoisotopic (exact) mass is 330 g/mol. The van der Waals surface area contributed by atoms with Gasteiger partial charge in [-0.15, -0.1) is 0 Å².